The molecule has 3 rings (SSSR count). The van der Waals surface area contributed by atoms with E-state index in [1.807, 2.05) is 0 Å². The average molecular weight is 385 g/mol. The standard InChI is InChI=1S/C19H10Cl2N2O3/c20-14-3-1-2-12(8-14)13(11-22)9-16-5-7-19(26-16)17-10-15(23(24)25)4-6-18(17)21/h1-10H/b13-9-. The number of hydrogen-bond donors (Lipinski definition) is 0. The van der Waals surface area contributed by atoms with E-state index in [0.717, 1.165) is 0 Å². The van der Waals surface area contributed by atoms with Gasteiger partial charge in [0, 0.05) is 22.7 Å². The zero-order valence-corrected chi connectivity index (χ0v) is 14.7. The summed E-state index contributed by atoms with van der Waals surface area (Å²) in [4.78, 5) is 10.4. The number of nitrogens with zero attached hydrogens (tertiary/aromatic N) is 2. The molecule has 0 bridgehead atoms. The number of rotatable bonds is 4. The van der Waals surface area contributed by atoms with Gasteiger partial charge in [-0.15, -0.1) is 0 Å². The number of furan rings is 1. The molecule has 0 aliphatic heterocycles. The lowest BCUT2D eigenvalue weighted by Crippen LogP contribution is -1.88. The molecule has 3 aromatic rings. The van der Waals surface area contributed by atoms with Gasteiger partial charge < -0.3 is 4.42 Å². The van der Waals surface area contributed by atoms with E-state index in [0.29, 0.717) is 38.3 Å². The average Bonchev–Trinajstić information content (AvgIpc) is 3.08. The smallest absolute Gasteiger partial charge is 0.270 e. The molecule has 0 aliphatic rings. The summed E-state index contributed by atoms with van der Waals surface area (Å²) in [6.45, 7) is 0. The Labute approximate surface area is 158 Å². The number of halogens is 2. The molecular weight excluding hydrogens is 375 g/mol. The highest BCUT2D eigenvalue weighted by Crippen LogP contribution is 2.33. The second-order valence-electron chi connectivity index (χ2n) is 5.30. The molecule has 5 nitrogen and oxygen atoms in total. The lowest BCUT2D eigenvalue weighted by molar-refractivity contribution is -0.384. The zero-order valence-electron chi connectivity index (χ0n) is 13.1. The fourth-order valence-electron chi connectivity index (χ4n) is 2.37. The van der Waals surface area contributed by atoms with Gasteiger partial charge >= 0.3 is 0 Å². The lowest BCUT2D eigenvalue weighted by atomic mass is 10.1. The van der Waals surface area contributed by atoms with Gasteiger partial charge in [0.1, 0.15) is 11.5 Å². The summed E-state index contributed by atoms with van der Waals surface area (Å²) in [6.07, 6.45) is 1.57. The highest BCUT2D eigenvalue weighted by Gasteiger charge is 2.14. The van der Waals surface area contributed by atoms with Crippen molar-refractivity contribution in [2.24, 2.45) is 0 Å². The van der Waals surface area contributed by atoms with Gasteiger partial charge in [0.05, 0.1) is 21.6 Å². The third-order valence-electron chi connectivity index (χ3n) is 3.60. The summed E-state index contributed by atoms with van der Waals surface area (Å²) in [5, 5.41) is 21.2. The molecule has 1 aromatic heterocycles. The van der Waals surface area contributed by atoms with E-state index < -0.39 is 4.92 Å². The van der Waals surface area contributed by atoms with Crippen LogP contribution in [0.4, 0.5) is 5.69 Å². The molecular formula is C19H10Cl2N2O3. The van der Waals surface area contributed by atoms with E-state index in [1.165, 1.54) is 18.2 Å². The summed E-state index contributed by atoms with van der Waals surface area (Å²) in [5.41, 5.74) is 1.35. The molecule has 0 atom stereocenters. The van der Waals surface area contributed by atoms with Gasteiger partial charge in [-0.25, -0.2) is 0 Å². The maximum atomic E-state index is 10.9. The Balaban J connectivity index is 1.99. The van der Waals surface area contributed by atoms with Crippen LogP contribution in [0.5, 0.6) is 0 Å². The van der Waals surface area contributed by atoms with Crippen LogP contribution >= 0.6 is 23.2 Å². The van der Waals surface area contributed by atoms with E-state index in [2.05, 4.69) is 6.07 Å². The monoisotopic (exact) mass is 384 g/mol. The van der Waals surface area contributed by atoms with Gasteiger partial charge in [0.25, 0.3) is 5.69 Å². The normalized spacial score (nSPS) is 11.2. The first kappa shape index (κ1) is 17.7. The Kier molecular flexibility index (Phi) is 5.08. The Morgan fingerprint density at radius 3 is 2.65 bits per heavy atom. The third-order valence-corrected chi connectivity index (χ3v) is 4.16. The molecule has 128 valence electrons. The van der Waals surface area contributed by atoms with Crippen molar-refractivity contribution in [3.05, 3.63) is 86.1 Å². The number of non-ortho nitro benzene ring substituents is 1. The van der Waals surface area contributed by atoms with Crippen molar-refractivity contribution in [1.82, 2.24) is 0 Å². The fraction of sp³-hybridized carbons (Fsp3) is 0. The first-order valence-corrected chi connectivity index (χ1v) is 8.15. The second kappa shape index (κ2) is 7.44. The van der Waals surface area contributed by atoms with E-state index in [4.69, 9.17) is 27.6 Å². The lowest BCUT2D eigenvalue weighted by Gasteiger charge is -2.01. The van der Waals surface area contributed by atoms with Gasteiger partial charge in [-0.3, -0.25) is 10.1 Å². The summed E-state index contributed by atoms with van der Waals surface area (Å²) < 4.78 is 5.70. The van der Waals surface area contributed by atoms with Crippen LogP contribution < -0.4 is 0 Å². The molecule has 0 saturated carbocycles. The maximum absolute atomic E-state index is 10.9. The van der Waals surface area contributed by atoms with E-state index in [-0.39, 0.29) is 5.69 Å². The molecule has 7 heteroatoms. The molecule has 0 spiro atoms. The SMILES string of the molecule is N#C/C(=C/c1ccc(-c2cc([N+](=O)[O-])ccc2Cl)o1)c1cccc(Cl)c1. The van der Waals surface area contributed by atoms with Crippen molar-refractivity contribution in [1.29, 1.82) is 5.26 Å². The van der Waals surface area contributed by atoms with E-state index in [9.17, 15) is 15.4 Å². The molecule has 2 aromatic carbocycles. The Morgan fingerprint density at radius 2 is 1.96 bits per heavy atom. The van der Waals surface area contributed by atoms with Crippen molar-refractivity contribution in [3.8, 4) is 17.4 Å². The minimum Gasteiger partial charge on any atom is -0.457 e. The molecule has 0 radical (unpaired) electrons. The molecule has 1 heterocycles. The van der Waals surface area contributed by atoms with Crippen molar-refractivity contribution in [3.63, 3.8) is 0 Å². The topological polar surface area (TPSA) is 80.1 Å². The van der Waals surface area contributed by atoms with Crippen molar-refractivity contribution < 1.29 is 9.34 Å². The van der Waals surface area contributed by atoms with Crippen LogP contribution in [0.2, 0.25) is 10.0 Å². The largest absolute Gasteiger partial charge is 0.457 e. The number of allylic oxidation sites excluding steroid dienone is 1. The summed E-state index contributed by atoms with van der Waals surface area (Å²) in [7, 11) is 0. The van der Waals surface area contributed by atoms with Gasteiger partial charge in [0.15, 0.2) is 0 Å². The quantitative estimate of drug-likeness (QED) is 0.303. The number of nitro benzene ring substituents is 1. The number of nitro groups is 1. The maximum Gasteiger partial charge on any atom is 0.270 e. The predicted octanol–water partition coefficient (Wildman–Crippen LogP) is 6.23. The van der Waals surface area contributed by atoms with Crippen molar-refractivity contribution >= 4 is 40.5 Å². The van der Waals surface area contributed by atoms with Crippen LogP contribution in [0.1, 0.15) is 11.3 Å². The minimum atomic E-state index is -0.503. The molecule has 0 amide bonds. The summed E-state index contributed by atoms with van der Waals surface area (Å²) in [6, 6.07) is 16.4. The van der Waals surface area contributed by atoms with Crippen LogP contribution in [0.25, 0.3) is 23.0 Å². The van der Waals surface area contributed by atoms with E-state index >= 15 is 0 Å². The summed E-state index contributed by atoms with van der Waals surface area (Å²) in [5.74, 6) is 0.785. The number of hydrogen-bond acceptors (Lipinski definition) is 4. The fourth-order valence-corrected chi connectivity index (χ4v) is 2.77. The molecule has 0 unspecified atom stereocenters. The van der Waals surface area contributed by atoms with Gasteiger partial charge in [-0.2, -0.15) is 5.26 Å². The highest BCUT2D eigenvalue weighted by molar-refractivity contribution is 6.33. The van der Waals surface area contributed by atoms with E-state index in [1.54, 1.807) is 42.5 Å². The van der Waals surface area contributed by atoms with Gasteiger partial charge in [0.2, 0.25) is 0 Å². The van der Waals surface area contributed by atoms with Crippen LogP contribution in [0.15, 0.2) is 59.0 Å². The molecule has 0 saturated heterocycles. The van der Waals surface area contributed by atoms with Crippen LogP contribution in [0, 0.1) is 21.4 Å². The molecule has 0 aliphatic carbocycles. The predicted molar refractivity (Wildman–Crippen MR) is 101 cm³/mol. The Morgan fingerprint density at radius 1 is 1.15 bits per heavy atom. The van der Waals surface area contributed by atoms with Crippen molar-refractivity contribution in [2.75, 3.05) is 0 Å². The first-order valence-electron chi connectivity index (χ1n) is 7.40. The minimum absolute atomic E-state index is 0.0884. The number of nitriles is 1. The Hall–Kier alpha value is -3.07. The Bertz CT molecular complexity index is 1060. The molecule has 26 heavy (non-hydrogen) atoms. The molecule has 0 N–H and O–H groups in total. The summed E-state index contributed by atoms with van der Waals surface area (Å²) >= 11 is 12.1. The first-order chi connectivity index (χ1) is 12.5. The van der Waals surface area contributed by atoms with Gasteiger partial charge in [-0.1, -0.05) is 35.3 Å². The van der Waals surface area contributed by atoms with Crippen LogP contribution in [0.3, 0.4) is 0 Å². The van der Waals surface area contributed by atoms with Crippen LogP contribution in [-0.2, 0) is 0 Å². The second-order valence-corrected chi connectivity index (χ2v) is 6.15. The zero-order chi connectivity index (χ0) is 18.7. The number of benzene rings is 2. The van der Waals surface area contributed by atoms with Crippen LogP contribution in [-0.4, -0.2) is 4.92 Å². The van der Waals surface area contributed by atoms with Gasteiger partial charge in [-0.05, 0) is 42.0 Å². The highest BCUT2D eigenvalue weighted by atomic mass is 35.5. The molecule has 0 fully saturated rings. The van der Waals surface area contributed by atoms with Crippen molar-refractivity contribution in [2.45, 2.75) is 0 Å². The third kappa shape index (κ3) is 3.77.